The van der Waals surface area contributed by atoms with Crippen molar-refractivity contribution in [1.82, 2.24) is 5.32 Å². The van der Waals surface area contributed by atoms with Crippen LogP contribution in [0.3, 0.4) is 0 Å². The molecule has 0 fully saturated rings. The number of benzene rings is 1. The van der Waals surface area contributed by atoms with Crippen molar-refractivity contribution in [2.75, 3.05) is 13.2 Å². The lowest BCUT2D eigenvalue weighted by Gasteiger charge is -2.24. The molecule has 6 heteroatoms. The van der Waals surface area contributed by atoms with Gasteiger partial charge in [-0.1, -0.05) is 44.2 Å². The normalized spacial score (nSPS) is 20.2. The fourth-order valence-corrected chi connectivity index (χ4v) is 2.63. The third-order valence-electron chi connectivity index (χ3n) is 3.75. The van der Waals surface area contributed by atoms with Crippen molar-refractivity contribution in [2.24, 2.45) is 11.1 Å². The van der Waals surface area contributed by atoms with Gasteiger partial charge in [0.1, 0.15) is 0 Å². The van der Waals surface area contributed by atoms with E-state index in [9.17, 15) is 10.0 Å². The number of nitrogens with two attached hydrogens (primary N) is 1. The van der Waals surface area contributed by atoms with Crippen LogP contribution in [0.1, 0.15) is 25.8 Å². The van der Waals surface area contributed by atoms with Crippen molar-refractivity contribution in [3.63, 3.8) is 0 Å². The number of hydroxylamine groups is 1. The van der Waals surface area contributed by atoms with Crippen molar-refractivity contribution in [3.8, 4) is 0 Å². The van der Waals surface area contributed by atoms with Crippen molar-refractivity contribution >= 4 is 17.8 Å². The molecule has 6 nitrogen and oxygen atoms in total. The summed E-state index contributed by atoms with van der Waals surface area (Å²) >= 11 is 0. The minimum absolute atomic E-state index is 0.242. The highest BCUT2D eigenvalue weighted by molar-refractivity contribution is 5.95. The highest BCUT2D eigenvalue weighted by Crippen LogP contribution is 2.34. The quantitative estimate of drug-likeness (QED) is 0.478. The fourth-order valence-electron chi connectivity index (χ4n) is 2.63. The summed E-state index contributed by atoms with van der Waals surface area (Å²) in [6.45, 7) is 4.51. The molecular formula is C17H23N3O3. The van der Waals surface area contributed by atoms with Crippen LogP contribution in [0.2, 0.25) is 0 Å². The van der Waals surface area contributed by atoms with Gasteiger partial charge in [0.2, 0.25) is 0 Å². The second-order valence-corrected chi connectivity index (χ2v) is 6.24. The first-order valence-electron chi connectivity index (χ1n) is 7.60. The number of ether oxygens (including phenoxy) is 1. The number of urea groups is 1. The van der Waals surface area contributed by atoms with Crippen molar-refractivity contribution in [1.29, 1.82) is 0 Å². The van der Waals surface area contributed by atoms with E-state index < -0.39 is 12.3 Å². The minimum Gasteiger partial charge on any atom is -0.622 e. The van der Waals surface area contributed by atoms with E-state index in [2.05, 4.69) is 5.32 Å². The largest absolute Gasteiger partial charge is 0.622 e. The van der Waals surface area contributed by atoms with Crippen LogP contribution >= 0.6 is 0 Å². The van der Waals surface area contributed by atoms with Gasteiger partial charge in [-0.15, -0.1) is 0 Å². The minimum atomic E-state index is -0.601. The van der Waals surface area contributed by atoms with Crippen LogP contribution in [0.25, 0.3) is 6.08 Å². The van der Waals surface area contributed by atoms with Crippen LogP contribution in [0.5, 0.6) is 0 Å². The zero-order valence-electron chi connectivity index (χ0n) is 13.5. The molecular weight excluding hydrogens is 294 g/mol. The third kappa shape index (κ3) is 4.56. The van der Waals surface area contributed by atoms with Gasteiger partial charge in [0.25, 0.3) is 6.23 Å². The number of carbonyl (C=O) groups is 1. The van der Waals surface area contributed by atoms with Crippen molar-refractivity contribution in [3.05, 3.63) is 47.2 Å². The molecule has 2 amide bonds. The first-order chi connectivity index (χ1) is 10.9. The molecule has 124 valence electrons. The molecule has 0 bridgehead atoms. The summed E-state index contributed by atoms with van der Waals surface area (Å²) in [5.41, 5.74) is 6.42. The van der Waals surface area contributed by atoms with Gasteiger partial charge in [0.15, 0.2) is 5.71 Å². The Morgan fingerprint density at radius 1 is 1.43 bits per heavy atom. The first kappa shape index (κ1) is 17.0. The van der Waals surface area contributed by atoms with Gasteiger partial charge >= 0.3 is 6.03 Å². The third-order valence-corrected chi connectivity index (χ3v) is 3.75. The standard InChI is InChI=1S/C17H23N3O3/c1-17(2)12-14(9-8-13-6-4-3-5-7-13)20(22)15(17)23-11-10-19-16(18)21/h3-9,15H,10-12H2,1-2H3,(H3,18,19,21)/b9-8+. The van der Waals surface area contributed by atoms with Crippen LogP contribution < -0.4 is 11.1 Å². The molecule has 0 aliphatic carbocycles. The summed E-state index contributed by atoms with van der Waals surface area (Å²) < 4.78 is 6.57. The molecule has 0 saturated heterocycles. The van der Waals surface area contributed by atoms with Gasteiger partial charge in [-0.2, -0.15) is 4.74 Å². The second-order valence-electron chi connectivity index (χ2n) is 6.24. The van der Waals surface area contributed by atoms with Gasteiger partial charge < -0.3 is 21.0 Å². The Labute approximate surface area is 136 Å². The highest BCUT2D eigenvalue weighted by Gasteiger charge is 2.45. The number of amides is 2. The van der Waals surface area contributed by atoms with E-state index in [1.807, 2.05) is 56.3 Å². The first-order valence-corrected chi connectivity index (χ1v) is 7.60. The Morgan fingerprint density at radius 3 is 2.78 bits per heavy atom. The van der Waals surface area contributed by atoms with Crippen LogP contribution in [0.15, 0.2) is 36.4 Å². The maximum absolute atomic E-state index is 12.5. The van der Waals surface area contributed by atoms with Crippen LogP contribution in [-0.2, 0) is 4.74 Å². The average Bonchev–Trinajstić information content (AvgIpc) is 2.72. The maximum Gasteiger partial charge on any atom is 0.312 e. The molecule has 0 aromatic heterocycles. The number of allylic oxidation sites excluding steroid dienone is 1. The lowest BCUT2D eigenvalue weighted by Crippen LogP contribution is -2.38. The lowest BCUT2D eigenvalue weighted by atomic mass is 9.88. The number of nitrogens with one attached hydrogen (secondary N) is 1. The summed E-state index contributed by atoms with van der Waals surface area (Å²) in [5, 5.41) is 14.9. The Morgan fingerprint density at radius 2 is 2.13 bits per heavy atom. The maximum atomic E-state index is 12.5. The number of hydrogen-bond acceptors (Lipinski definition) is 3. The van der Waals surface area contributed by atoms with E-state index in [-0.39, 0.29) is 18.6 Å². The molecule has 0 radical (unpaired) electrons. The predicted molar refractivity (Wildman–Crippen MR) is 89.8 cm³/mol. The number of nitrogens with zero attached hydrogens (tertiary/aromatic N) is 1. The summed E-state index contributed by atoms with van der Waals surface area (Å²) in [5.74, 6) is 0. The summed E-state index contributed by atoms with van der Waals surface area (Å²) in [7, 11) is 0. The highest BCUT2D eigenvalue weighted by atomic mass is 16.6. The van der Waals surface area contributed by atoms with Crippen LogP contribution in [0, 0.1) is 10.6 Å². The Hall–Kier alpha value is -2.34. The zero-order chi connectivity index (χ0) is 16.9. The zero-order valence-corrected chi connectivity index (χ0v) is 13.5. The van der Waals surface area contributed by atoms with E-state index in [0.29, 0.717) is 12.1 Å². The smallest absolute Gasteiger partial charge is 0.312 e. The van der Waals surface area contributed by atoms with Crippen LogP contribution in [0.4, 0.5) is 4.79 Å². The Kier molecular flexibility index (Phi) is 5.39. The Bertz CT molecular complexity index is 609. The van der Waals surface area contributed by atoms with Gasteiger partial charge in [-0.05, 0) is 11.6 Å². The van der Waals surface area contributed by atoms with Gasteiger partial charge in [-0.3, -0.25) is 0 Å². The monoisotopic (exact) mass is 317 g/mol. The van der Waals surface area contributed by atoms with Crippen molar-refractivity contribution in [2.45, 2.75) is 26.5 Å². The molecule has 1 aromatic rings. The topological polar surface area (TPSA) is 90.4 Å². The van der Waals surface area contributed by atoms with E-state index in [4.69, 9.17) is 10.5 Å². The van der Waals surface area contributed by atoms with E-state index in [1.54, 1.807) is 0 Å². The summed E-state index contributed by atoms with van der Waals surface area (Å²) in [6, 6.07) is 9.22. The average molecular weight is 317 g/mol. The van der Waals surface area contributed by atoms with E-state index in [1.165, 1.54) is 0 Å². The molecule has 1 aliphatic heterocycles. The molecule has 3 N–H and O–H groups in total. The summed E-state index contributed by atoms with van der Waals surface area (Å²) in [6.07, 6.45) is 3.82. The molecule has 1 heterocycles. The Balaban J connectivity index is 2.02. The van der Waals surface area contributed by atoms with Crippen molar-refractivity contribution < 1.29 is 14.3 Å². The van der Waals surface area contributed by atoms with Gasteiger partial charge in [-0.25, -0.2) is 4.79 Å². The van der Waals surface area contributed by atoms with Crippen LogP contribution in [-0.4, -0.2) is 35.9 Å². The number of rotatable bonds is 6. The SMILES string of the molecule is CC1(C)CC(/C=C/c2ccccc2)=[N+]([O-])C1OCCNC(N)=O. The second kappa shape index (κ2) is 7.28. The molecule has 0 spiro atoms. The number of carbonyl (C=O) groups excluding carboxylic acids is 1. The van der Waals surface area contributed by atoms with Gasteiger partial charge in [0.05, 0.1) is 12.0 Å². The van der Waals surface area contributed by atoms with E-state index in [0.717, 1.165) is 10.3 Å². The van der Waals surface area contributed by atoms with E-state index >= 15 is 0 Å². The molecule has 23 heavy (non-hydrogen) atoms. The molecule has 2 rings (SSSR count). The molecule has 1 aliphatic rings. The molecule has 0 saturated carbocycles. The predicted octanol–water partition coefficient (Wildman–Crippen LogP) is 2.09. The van der Waals surface area contributed by atoms with Gasteiger partial charge in [0, 0.05) is 19.0 Å². The molecule has 1 unspecified atom stereocenters. The number of hydrogen-bond donors (Lipinski definition) is 2. The lowest BCUT2D eigenvalue weighted by molar-refractivity contribution is -0.564. The summed E-state index contributed by atoms with van der Waals surface area (Å²) in [4.78, 5) is 10.6. The molecule has 1 atom stereocenters. The number of primary amides is 1. The molecule has 1 aromatic carbocycles. The fraction of sp³-hybridized carbons (Fsp3) is 0.412.